The Kier molecular flexibility index (Phi) is 4.44. The highest BCUT2D eigenvalue weighted by Gasteiger charge is 2.22. The molecule has 0 saturated heterocycles. The van der Waals surface area contributed by atoms with Crippen molar-refractivity contribution in [3.05, 3.63) is 27.7 Å². The number of aromatic carboxylic acids is 1. The molecule has 1 heterocycles. The molecule has 1 aromatic carbocycles. The summed E-state index contributed by atoms with van der Waals surface area (Å²) in [7, 11) is 0. The van der Waals surface area contributed by atoms with Crippen LogP contribution in [0, 0.1) is 0 Å². The molecule has 21 heavy (non-hydrogen) atoms. The van der Waals surface area contributed by atoms with Crippen molar-refractivity contribution in [3.8, 4) is 0 Å². The summed E-state index contributed by atoms with van der Waals surface area (Å²) in [6, 6.07) is 2.49. The maximum atomic E-state index is 12.0. The second-order valence-corrected chi connectivity index (χ2v) is 5.01. The zero-order chi connectivity index (χ0) is 15.6. The van der Waals surface area contributed by atoms with E-state index >= 15 is 0 Å². The average molecular weight is 330 g/mol. The van der Waals surface area contributed by atoms with Crippen molar-refractivity contribution < 1.29 is 19.5 Å². The molecule has 0 saturated carbocycles. The first-order chi connectivity index (χ1) is 9.88. The topological polar surface area (TPSA) is 108 Å². The van der Waals surface area contributed by atoms with Gasteiger partial charge in [0.15, 0.2) is 0 Å². The van der Waals surface area contributed by atoms with Crippen LogP contribution < -0.4 is 10.7 Å². The molecule has 110 valence electrons. The number of carbonyl (C=O) groups is 3. The quantitative estimate of drug-likeness (QED) is 0.786. The standard InChI is InChI=1S/C12H9Cl2N3O4/c13-5-3-6(12(20)21)10(7(14)4-5)15-11(19)8-1-2-9(18)17-16-8/h3-4H,1-2H2,(H,15,19)(H,17,18)(H,20,21). The molecule has 3 N–H and O–H groups in total. The number of carboxylic acids is 1. The number of carboxylic acid groups (broad SMARTS) is 1. The van der Waals surface area contributed by atoms with E-state index in [-0.39, 0.29) is 45.8 Å². The SMILES string of the molecule is O=C1CCC(C(=O)Nc2c(Cl)cc(Cl)cc2C(=O)O)=NN1. The molecule has 0 aliphatic carbocycles. The van der Waals surface area contributed by atoms with Crippen LogP contribution in [0.1, 0.15) is 23.2 Å². The van der Waals surface area contributed by atoms with Crippen molar-refractivity contribution in [1.29, 1.82) is 0 Å². The molecule has 9 heteroatoms. The van der Waals surface area contributed by atoms with Crippen LogP contribution in [0.3, 0.4) is 0 Å². The molecule has 1 aliphatic rings. The summed E-state index contributed by atoms with van der Waals surface area (Å²) in [5, 5.41) is 15.2. The van der Waals surface area contributed by atoms with Crippen LogP contribution in [0.25, 0.3) is 0 Å². The monoisotopic (exact) mass is 329 g/mol. The number of amides is 2. The van der Waals surface area contributed by atoms with Gasteiger partial charge in [0.2, 0.25) is 5.91 Å². The molecular formula is C12H9Cl2N3O4. The molecule has 0 bridgehead atoms. The average Bonchev–Trinajstić information content (AvgIpc) is 2.41. The van der Waals surface area contributed by atoms with Crippen molar-refractivity contribution in [2.24, 2.45) is 5.10 Å². The molecule has 0 atom stereocenters. The summed E-state index contributed by atoms with van der Waals surface area (Å²) in [4.78, 5) is 34.1. The Morgan fingerprint density at radius 1 is 1.29 bits per heavy atom. The fourth-order valence-electron chi connectivity index (χ4n) is 1.69. The lowest BCUT2D eigenvalue weighted by Crippen LogP contribution is -2.33. The highest BCUT2D eigenvalue weighted by molar-refractivity contribution is 6.45. The molecular weight excluding hydrogens is 321 g/mol. The fourth-order valence-corrected chi connectivity index (χ4v) is 2.23. The van der Waals surface area contributed by atoms with Gasteiger partial charge in [-0.2, -0.15) is 5.10 Å². The predicted molar refractivity (Wildman–Crippen MR) is 76.9 cm³/mol. The maximum Gasteiger partial charge on any atom is 0.337 e. The van der Waals surface area contributed by atoms with E-state index in [0.29, 0.717) is 0 Å². The summed E-state index contributed by atoms with van der Waals surface area (Å²) in [5.74, 6) is -2.21. The first-order valence-corrected chi connectivity index (χ1v) is 6.53. The third kappa shape index (κ3) is 3.50. The van der Waals surface area contributed by atoms with Crippen LogP contribution in [0.2, 0.25) is 10.0 Å². The third-order valence-electron chi connectivity index (χ3n) is 2.69. The van der Waals surface area contributed by atoms with Crippen molar-refractivity contribution >= 4 is 52.4 Å². The molecule has 2 rings (SSSR count). The summed E-state index contributed by atoms with van der Waals surface area (Å²) in [5.41, 5.74) is 1.95. The Morgan fingerprint density at radius 3 is 2.57 bits per heavy atom. The predicted octanol–water partition coefficient (Wildman–Crippen LogP) is 1.90. The van der Waals surface area contributed by atoms with Crippen molar-refractivity contribution in [3.63, 3.8) is 0 Å². The number of benzene rings is 1. The van der Waals surface area contributed by atoms with Gasteiger partial charge in [0, 0.05) is 17.9 Å². The number of hydrogen-bond donors (Lipinski definition) is 3. The van der Waals surface area contributed by atoms with Gasteiger partial charge in [-0.05, 0) is 12.1 Å². The van der Waals surface area contributed by atoms with Gasteiger partial charge in [-0.25, -0.2) is 10.2 Å². The minimum absolute atomic E-state index is 0.00584. The summed E-state index contributed by atoms with van der Waals surface area (Å²) in [6.45, 7) is 0. The van der Waals surface area contributed by atoms with Gasteiger partial charge >= 0.3 is 5.97 Å². The Hall–Kier alpha value is -2.12. The Bertz CT molecular complexity index is 673. The number of nitrogens with zero attached hydrogens (tertiary/aromatic N) is 1. The van der Waals surface area contributed by atoms with E-state index in [0.717, 1.165) is 0 Å². The summed E-state index contributed by atoms with van der Waals surface area (Å²) >= 11 is 11.6. The van der Waals surface area contributed by atoms with E-state index in [1.165, 1.54) is 12.1 Å². The Morgan fingerprint density at radius 2 is 2.00 bits per heavy atom. The molecule has 0 radical (unpaired) electrons. The van der Waals surface area contributed by atoms with Crippen molar-refractivity contribution in [2.75, 3.05) is 5.32 Å². The minimum Gasteiger partial charge on any atom is -0.478 e. The van der Waals surface area contributed by atoms with Crippen LogP contribution in [-0.4, -0.2) is 28.6 Å². The molecule has 0 aromatic heterocycles. The number of halogens is 2. The number of anilines is 1. The number of nitrogens with one attached hydrogen (secondary N) is 2. The third-order valence-corrected chi connectivity index (χ3v) is 3.21. The smallest absolute Gasteiger partial charge is 0.337 e. The van der Waals surface area contributed by atoms with E-state index in [2.05, 4.69) is 15.8 Å². The lowest BCUT2D eigenvalue weighted by Gasteiger charge is -2.14. The van der Waals surface area contributed by atoms with Gasteiger partial charge < -0.3 is 10.4 Å². The van der Waals surface area contributed by atoms with E-state index in [4.69, 9.17) is 28.3 Å². The van der Waals surface area contributed by atoms with Gasteiger partial charge in [-0.1, -0.05) is 23.2 Å². The van der Waals surface area contributed by atoms with Crippen molar-refractivity contribution in [1.82, 2.24) is 5.43 Å². The number of hydrogen-bond acceptors (Lipinski definition) is 4. The fraction of sp³-hybridized carbons (Fsp3) is 0.167. The van der Waals surface area contributed by atoms with Gasteiger partial charge in [-0.3, -0.25) is 9.59 Å². The normalized spacial score (nSPS) is 14.2. The zero-order valence-corrected chi connectivity index (χ0v) is 12.0. The van der Waals surface area contributed by atoms with Gasteiger partial charge in [0.1, 0.15) is 5.71 Å². The summed E-state index contributed by atoms with van der Waals surface area (Å²) in [6.07, 6.45) is 0.289. The largest absolute Gasteiger partial charge is 0.478 e. The second-order valence-electron chi connectivity index (χ2n) is 4.16. The molecule has 0 spiro atoms. The zero-order valence-electron chi connectivity index (χ0n) is 10.4. The van der Waals surface area contributed by atoms with E-state index in [9.17, 15) is 14.4 Å². The Labute approximate surface area is 128 Å². The lowest BCUT2D eigenvalue weighted by atomic mass is 10.1. The highest BCUT2D eigenvalue weighted by atomic mass is 35.5. The lowest BCUT2D eigenvalue weighted by molar-refractivity contribution is -0.121. The van der Waals surface area contributed by atoms with E-state index in [1.54, 1.807) is 0 Å². The molecule has 7 nitrogen and oxygen atoms in total. The van der Waals surface area contributed by atoms with Gasteiger partial charge in [0.05, 0.1) is 16.3 Å². The van der Waals surface area contributed by atoms with E-state index in [1.807, 2.05) is 0 Å². The number of carbonyl (C=O) groups excluding carboxylic acids is 2. The molecule has 0 unspecified atom stereocenters. The van der Waals surface area contributed by atoms with Crippen LogP contribution in [0.5, 0.6) is 0 Å². The minimum atomic E-state index is -1.28. The molecule has 1 aliphatic heterocycles. The first-order valence-electron chi connectivity index (χ1n) is 5.77. The van der Waals surface area contributed by atoms with Crippen LogP contribution in [0.15, 0.2) is 17.2 Å². The Balaban J connectivity index is 2.29. The number of hydrazone groups is 1. The summed E-state index contributed by atoms with van der Waals surface area (Å²) < 4.78 is 0. The van der Waals surface area contributed by atoms with Crippen LogP contribution in [-0.2, 0) is 9.59 Å². The van der Waals surface area contributed by atoms with Gasteiger partial charge in [-0.15, -0.1) is 0 Å². The maximum absolute atomic E-state index is 12.0. The number of rotatable bonds is 3. The molecule has 1 aromatic rings. The highest BCUT2D eigenvalue weighted by Crippen LogP contribution is 2.30. The van der Waals surface area contributed by atoms with Crippen molar-refractivity contribution in [2.45, 2.75) is 12.8 Å². The second kappa shape index (κ2) is 6.11. The van der Waals surface area contributed by atoms with E-state index < -0.39 is 11.9 Å². The molecule has 0 fully saturated rings. The molecule has 2 amide bonds. The first kappa shape index (κ1) is 15.3. The van der Waals surface area contributed by atoms with Crippen LogP contribution >= 0.6 is 23.2 Å². The van der Waals surface area contributed by atoms with Crippen LogP contribution in [0.4, 0.5) is 5.69 Å². The van der Waals surface area contributed by atoms with Gasteiger partial charge in [0.25, 0.3) is 5.91 Å².